The maximum atomic E-state index is 13.4. The van der Waals surface area contributed by atoms with Crippen molar-refractivity contribution in [1.82, 2.24) is 20.0 Å². The van der Waals surface area contributed by atoms with E-state index in [1.807, 2.05) is 25.1 Å². The fraction of sp³-hybridized carbons (Fsp3) is 0.345. The molecule has 2 heterocycles. The van der Waals surface area contributed by atoms with E-state index in [2.05, 4.69) is 58.8 Å². The van der Waals surface area contributed by atoms with E-state index in [1.165, 1.54) is 10.9 Å². The minimum absolute atomic E-state index is 0.0288. The SMILES string of the molecule is Cc1c(C#N)cccc1[C@H](Nc1cc(Cl)c2ncc(C#N)c(NCC(C)(C)C)c2c1)c1cn([C@@H](C)CF)nn1. The van der Waals surface area contributed by atoms with E-state index in [4.69, 9.17) is 11.6 Å². The molecule has 0 spiro atoms. The molecule has 0 aliphatic heterocycles. The fourth-order valence-electron chi connectivity index (χ4n) is 4.25. The number of pyridine rings is 1. The molecule has 0 fully saturated rings. The van der Waals surface area contributed by atoms with E-state index in [1.54, 1.807) is 25.3 Å². The molecule has 0 aliphatic carbocycles. The molecule has 2 aromatic carbocycles. The van der Waals surface area contributed by atoms with Gasteiger partial charge in [0, 0.05) is 23.8 Å². The Morgan fingerprint density at radius 3 is 2.56 bits per heavy atom. The van der Waals surface area contributed by atoms with E-state index in [0.717, 1.165) is 11.1 Å². The molecule has 2 N–H and O–H groups in total. The van der Waals surface area contributed by atoms with Crippen molar-refractivity contribution in [3.63, 3.8) is 0 Å². The highest BCUT2D eigenvalue weighted by atomic mass is 35.5. The maximum Gasteiger partial charge on any atom is 0.112 e. The van der Waals surface area contributed by atoms with Gasteiger partial charge >= 0.3 is 0 Å². The molecule has 10 heteroatoms. The molecule has 0 saturated heterocycles. The predicted octanol–water partition coefficient (Wildman–Crippen LogP) is 6.72. The number of nitriles is 2. The number of hydrogen-bond donors (Lipinski definition) is 2. The molecule has 200 valence electrons. The molecule has 0 saturated carbocycles. The van der Waals surface area contributed by atoms with E-state index >= 15 is 0 Å². The van der Waals surface area contributed by atoms with Crippen LogP contribution < -0.4 is 10.6 Å². The average Bonchev–Trinajstić information content (AvgIpc) is 3.40. The molecule has 0 aliphatic rings. The Labute approximate surface area is 232 Å². The Bertz CT molecular complexity index is 1590. The monoisotopic (exact) mass is 544 g/mol. The highest BCUT2D eigenvalue weighted by Crippen LogP contribution is 2.36. The van der Waals surface area contributed by atoms with Gasteiger partial charge in [0.1, 0.15) is 18.4 Å². The van der Waals surface area contributed by atoms with Crippen LogP contribution in [-0.2, 0) is 0 Å². The van der Waals surface area contributed by atoms with Crippen molar-refractivity contribution < 1.29 is 4.39 Å². The Kier molecular flexibility index (Phi) is 8.03. The Hall–Kier alpha value is -4.21. The summed E-state index contributed by atoms with van der Waals surface area (Å²) < 4.78 is 14.8. The maximum absolute atomic E-state index is 13.4. The summed E-state index contributed by atoms with van der Waals surface area (Å²) in [6.45, 7) is 9.97. The second kappa shape index (κ2) is 11.3. The van der Waals surface area contributed by atoms with Crippen LogP contribution in [0.25, 0.3) is 10.9 Å². The molecule has 8 nitrogen and oxygen atoms in total. The van der Waals surface area contributed by atoms with Crippen LogP contribution in [0.5, 0.6) is 0 Å². The normalized spacial score (nSPS) is 12.9. The smallest absolute Gasteiger partial charge is 0.112 e. The molecule has 0 bridgehead atoms. The molecule has 0 unspecified atom stereocenters. The van der Waals surface area contributed by atoms with Gasteiger partial charge in [-0.1, -0.05) is 49.7 Å². The van der Waals surface area contributed by atoms with Crippen molar-refractivity contribution in [2.75, 3.05) is 23.9 Å². The largest absolute Gasteiger partial charge is 0.383 e. The van der Waals surface area contributed by atoms with Gasteiger partial charge in [-0.3, -0.25) is 4.98 Å². The van der Waals surface area contributed by atoms with Crippen molar-refractivity contribution in [3.05, 3.63) is 75.7 Å². The topological polar surface area (TPSA) is 115 Å². The zero-order chi connectivity index (χ0) is 28.3. The third-order valence-electron chi connectivity index (χ3n) is 6.46. The van der Waals surface area contributed by atoms with Gasteiger partial charge in [0.2, 0.25) is 0 Å². The van der Waals surface area contributed by atoms with E-state index in [9.17, 15) is 14.9 Å². The minimum Gasteiger partial charge on any atom is -0.383 e. The average molecular weight is 545 g/mol. The van der Waals surface area contributed by atoms with Crippen molar-refractivity contribution >= 4 is 33.9 Å². The molecule has 39 heavy (non-hydrogen) atoms. The van der Waals surface area contributed by atoms with Crippen LogP contribution in [0, 0.1) is 35.0 Å². The van der Waals surface area contributed by atoms with Crippen LogP contribution in [0.2, 0.25) is 5.02 Å². The summed E-state index contributed by atoms with van der Waals surface area (Å²) in [5.74, 6) is 0. The summed E-state index contributed by atoms with van der Waals surface area (Å²) in [7, 11) is 0. The quantitative estimate of drug-likeness (QED) is 0.253. The first-order chi connectivity index (χ1) is 18.6. The highest BCUT2D eigenvalue weighted by Gasteiger charge is 2.23. The van der Waals surface area contributed by atoms with Gasteiger partial charge in [0.25, 0.3) is 0 Å². The summed E-state index contributed by atoms with van der Waals surface area (Å²) >= 11 is 6.71. The molecule has 0 amide bonds. The molecule has 0 radical (unpaired) electrons. The van der Waals surface area contributed by atoms with Crippen molar-refractivity contribution in [2.24, 2.45) is 5.41 Å². The Balaban J connectivity index is 1.86. The van der Waals surface area contributed by atoms with Gasteiger partial charge in [-0.2, -0.15) is 10.5 Å². The van der Waals surface area contributed by atoms with Crippen LogP contribution in [0.15, 0.2) is 42.7 Å². The number of benzene rings is 2. The van der Waals surface area contributed by atoms with Gasteiger partial charge in [-0.15, -0.1) is 5.10 Å². The second-order valence-electron chi connectivity index (χ2n) is 10.8. The zero-order valence-electron chi connectivity index (χ0n) is 22.5. The number of nitrogens with one attached hydrogen (secondary N) is 2. The first-order valence-electron chi connectivity index (χ1n) is 12.6. The van der Waals surface area contributed by atoms with Crippen LogP contribution in [0.4, 0.5) is 15.8 Å². The second-order valence-corrected chi connectivity index (χ2v) is 11.2. The number of rotatable bonds is 8. The molecular weight excluding hydrogens is 515 g/mol. The Morgan fingerprint density at radius 1 is 1.15 bits per heavy atom. The number of fused-ring (bicyclic) bond motifs is 1. The van der Waals surface area contributed by atoms with Crippen LogP contribution >= 0.6 is 11.6 Å². The van der Waals surface area contributed by atoms with Crippen molar-refractivity contribution in [2.45, 2.75) is 46.7 Å². The molecule has 2 atom stereocenters. The highest BCUT2D eigenvalue weighted by molar-refractivity contribution is 6.35. The van der Waals surface area contributed by atoms with Gasteiger partial charge in [-0.25, -0.2) is 9.07 Å². The van der Waals surface area contributed by atoms with Gasteiger partial charge in [0.05, 0.1) is 51.7 Å². The number of aromatic nitrogens is 4. The van der Waals surface area contributed by atoms with Crippen LogP contribution in [-0.4, -0.2) is 33.2 Å². The van der Waals surface area contributed by atoms with Gasteiger partial charge in [0.15, 0.2) is 0 Å². The lowest BCUT2D eigenvalue weighted by atomic mass is 9.95. The van der Waals surface area contributed by atoms with E-state index in [0.29, 0.717) is 50.7 Å². The predicted molar refractivity (Wildman–Crippen MR) is 151 cm³/mol. The third-order valence-corrected chi connectivity index (χ3v) is 6.75. The van der Waals surface area contributed by atoms with Crippen molar-refractivity contribution in [3.8, 4) is 12.1 Å². The number of alkyl halides is 1. The number of halogens is 2. The first kappa shape index (κ1) is 27.8. The standard InChI is InChI=1S/C29H30ClFN8/c1-17(11-31)39-15-25(37-38-39)28(22-8-6-7-19(12-32)18(22)2)36-21-9-23-26(35-16-29(3,4)5)20(13-33)14-34-27(23)24(30)10-21/h6-10,14-15,17,28,36H,11,16H2,1-5H3,(H,34,35)/t17-,28-/m0/s1. The lowest BCUT2D eigenvalue weighted by Crippen LogP contribution is -2.20. The summed E-state index contributed by atoms with van der Waals surface area (Å²) in [5.41, 5.74) is 4.97. The molecular formula is C29H30ClFN8. The van der Waals surface area contributed by atoms with Crippen molar-refractivity contribution in [1.29, 1.82) is 10.5 Å². The summed E-state index contributed by atoms with van der Waals surface area (Å²) in [6.07, 6.45) is 3.23. The Morgan fingerprint density at radius 2 is 1.90 bits per heavy atom. The van der Waals surface area contributed by atoms with Gasteiger partial charge in [-0.05, 0) is 48.6 Å². The van der Waals surface area contributed by atoms with E-state index in [-0.39, 0.29) is 5.41 Å². The number of nitrogens with zero attached hydrogens (tertiary/aromatic N) is 6. The summed E-state index contributed by atoms with van der Waals surface area (Å²) in [6, 6.07) is 12.6. The lowest BCUT2D eigenvalue weighted by molar-refractivity contribution is 0.351. The number of anilines is 2. The zero-order valence-corrected chi connectivity index (χ0v) is 23.3. The van der Waals surface area contributed by atoms with Gasteiger partial charge < -0.3 is 10.6 Å². The van der Waals surface area contributed by atoms with Crippen LogP contribution in [0.1, 0.15) is 67.7 Å². The third kappa shape index (κ3) is 5.94. The van der Waals surface area contributed by atoms with Crippen LogP contribution in [0.3, 0.4) is 0 Å². The van der Waals surface area contributed by atoms with E-state index < -0.39 is 18.8 Å². The summed E-state index contributed by atoms with van der Waals surface area (Å²) in [5, 5.41) is 35.9. The minimum atomic E-state index is -0.581. The summed E-state index contributed by atoms with van der Waals surface area (Å²) in [4.78, 5) is 4.44. The number of hydrogen-bond acceptors (Lipinski definition) is 7. The fourth-order valence-corrected chi connectivity index (χ4v) is 4.51. The molecule has 2 aromatic heterocycles. The molecule has 4 aromatic rings. The first-order valence-corrected chi connectivity index (χ1v) is 12.9. The lowest BCUT2D eigenvalue weighted by Gasteiger charge is -2.23. The molecule has 4 rings (SSSR count).